The van der Waals surface area contributed by atoms with Crippen molar-refractivity contribution in [1.82, 2.24) is 9.62 Å². The van der Waals surface area contributed by atoms with Crippen LogP contribution in [0.1, 0.15) is 21.5 Å². The molecule has 0 bridgehead atoms. The lowest BCUT2D eigenvalue weighted by Gasteiger charge is -2.20. The van der Waals surface area contributed by atoms with E-state index in [1.807, 2.05) is 30.3 Å². The molecule has 0 saturated carbocycles. The Morgan fingerprint density at radius 3 is 2.56 bits per heavy atom. The molecule has 4 rings (SSSR count). The smallest absolute Gasteiger partial charge is 0.251 e. The van der Waals surface area contributed by atoms with Gasteiger partial charge in [0.1, 0.15) is 28.9 Å². The summed E-state index contributed by atoms with van der Waals surface area (Å²) in [6.07, 6.45) is 0. The predicted molar refractivity (Wildman–Crippen MR) is 114 cm³/mol. The van der Waals surface area contributed by atoms with Gasteiger partial charge in [-0.25, -0.2) is 17.2 Å². The molecular formula is C23H20F2N2O4S. The van der Waals surface area contributed by atoms with Gasteiger partial charge in [0, 0.05) is 36.8 Å². The van der Waals surface area contributed by atoms with Crippen molar-refractivity contribution in [3.05, 3.63) is 95.1 Å². The normalized spacial score (nSPS) is 14.2. The largest absolute Gasteiger partial charge is 0.492 e. The zero-order valence-corrected chi connectivity index (χ0v) is 17.7. The highest BCUT2D eigenvalue weighted by atomic mass is 32.2. The first-order chi connectivity index (χ1) is 15.3. The summed E-state index contributed by atoms with van der Waals surface area (Å²) in [5.74, 6) is -1.90. The lowest BCUT2D eigenvalue weighted by molar-refractivity contribution is 0.0950. The van der Waals surface area contributed by atoms with Gasteiger partial charge in [-0.15, -0.1) is 0 Å². The predicted octanol–water partition coefficient (Wildman–Crippen LogP) is 3.48. The fourth-order valence-electron chi connectivity index (χ4n) is 3.42. The number of nitrogens with zero attached hydrogens (tertiary/aromatic N) is 1. The monoisotopic (exact) mass is 458 g/mol. The van der Waals surface area contributed by atoms with E-state index in [-0.39, 0.29) is 25.6 Å². The van der Waals surface area contributed by atoms with Crippen LogP contribution in [0, 0.1) is 11.6 Å². The first-order valence-electron chi connectivity index (χ1n) is 9.87. The fourth-order valence-corrected chi connectivity index (χ4v) is 4.87. The second-order valence-electron chi connectivity index (χ2n) is 7.25. The maximum absolute atomic E-state index is 14.2. The van der Waals surface area contributed by atoms with Gasteiger partial charge >= 0.3 is 0 Å². The van der Waals surface area contributed by atoms with Crippen molar-refractivity contribution in [2.24, 2.45) is 0 Å². The molecule has 1 N–H and O–H groups in total. The first kappa shape index (κ1) is 21.9. The number of fused-ring (bicyclic) bond motifs is 1. The highest BCUT2D eigenvalue weighted by molar-refractivity contribution is 7.89. The molecule has 32 heavy (non-hydrogen) atoms. The summed E-state index contributed by atoms with van der Waals surface area (Å²) in [6, 6.07) is 16.5. The van der Waals surface area contributed by atoms with Gasteiger partial charge in [-0.1, -0.05) is 30.3 Å². The maximum Gasteiger partial charge on any atom is 0.251 e. The summed E-state index contributed by atoms with van der Waals surface area (Å²) >= 11 is 0. The molecule has 1 aliphatic rings. The van der Waals surface area contributed by atoms with Crippen LogP contribution in [0.4, 0.5) is 8.78 Å². The van der Waals surface area contributed by atoms with Crippen LogP contribution in [-0.2, 0) is 23.1 Å². The van der Waals surface area contributed by atoms with Crippen molar-refractivity contribution in [2.45, 2.75) is 18.0 Å². The second kappa shape index (κ2) is 9.05. The second-order valence-corrected chi connectivity index (χ2v) is 9.16. The van der Waals surface area contributed by atoms with Crippen molar-refractivity contribution in [3.63, 3.8) is 0 Å². The van der Waals surface area contributed by atoms with Crippen LogP contribution in [-0.4, -0.2) is 31.8 Å². The van der Waals surface area contributed by atoms with Gasteiger partial charge in [-0.2, -0.15) is 4.31 Å². The third-order valence-electron chi connectivity index (χ3n) is 5.08. The third kappa shape index (κ3) is 4.63. The van der Waals surface area contributed by atoms with E-state index in [0.717, 1.165) is 22.0 Å². The highest BCUT2D eigenvalue weighted by Crippen LogP contribution is 2.28. The van der Waals surface area contributed by atoms with Crippen LogP contribution in [0.2, 0.25) is 0 Å². The summed E-state index contributed by atoms with van der Waals surface area (Å²) in [4.78, 5) is 12.0. The number of benzene rings is 3. The van der Waals surface area contributed by atoms with E-state index < -0.39 is 26.6 Å². The molecular weight excluding hydrogens is 438 g/mol. The van der Waals surface area contributed by atoms with Gasteiger partial charge in [0.25, 0.3) is 5.91 Å². The lowest BCUT2D eigenvalue weighted by Crippen LogP contribution is -2.33. The number of carbonyl (C=O) groups excluding carboxylic acids is 1. The zero-order chi connectivity index (χ0) is 22.7. The number of ether oxygens (including phenoxy) is 1. The molecule has 3 aromatic rings. The number of sulfonamides is 1. The number of rotatable bonds is 5. The van der Waals surface area contributed by atoms with E-state index in [2.05, 4.69) is 5.32 Å². The Balaban J connectivity index is 1.56. The SMILES string of the molecule is O=C(NCc1ccccc1)c1ccc2c(c1)CN(S(=O)(=O)c1ccc(F)cc1F)CCO2. The zero-order valence-electron chi connectivity index (χ0n) is 16.9. The molecule has 166 valence electrons. The first-order valence-corrected chi connectivity index (χ1v) is 11.3. The standard InChI is InChI=1S/C23H20F2N2O4S/c24-19-7-9-22(20(25)13-19)32(29,30)27-10-11-31-21-8-6-17(12-18(21)15-27)23(28)26-14-16-4-2-1-3-5-16/h1-9,12-13H,10-11,14-15H2,(H,26,28). The molecule has 0 saturated heterocycles. The number of carbonyl (C=O) groups is 1. The molecule has 1 aliphatic heterocycles. The molecule has 0 unspecified atom stereocenters. The Hall–Kier alpha value is -3.30. The number of amides is 1. The minimum absolute atomic E-state index is 0.0244. The Morgan fingerprint density at radius 1 is 1.03 bits per heavy atom. The summed E-state index contributed by atoms with van der Waals surface area (Å²) in [6.45, 7) is 0.254. The molecule has 0 fully saturated rings. The molecule has 0 radical (unpaired) electrons. The van der Waals surface area contributed by atoms with Gasteiger partial charge in [-0.3, -0.25) is 4.79 Å². The molecule has 6 nitrogen and oxygen atoms in total. The minimum Gasteiger partial charge on any atom is -0.492 e. The highest BCUT2D eigenvalue weighted by Gasteiger charge is 2.30. The van der Waals surface area contributed by atoms with Crippen molar-refractivity contribution < 1.29 is 26.7 Å². The molecule has 1 amide bonds. The van der Waals surface area contributed by atoms with Gasteiger partial charge < -0.3 is 10.1 Å². The summed E-state index contributed by atoms with van der Waals surface area (Å²) in [5.41, 5.74) is 1.76. The van der Waals surface area contributed by atoms with Crippen LogP contribution in [0.25, 0.3) is 0 Å². The quantitative estimate of drug-likeness (QED) is 0.635. The average Bonchev–Trinajstić information content (AvgIpc) is 3.00. The number of nitrogens with one attached hydrogen (secondary N) is 1. The van der Waals surface area contributed by atoms with Gasteiger partial charge in [0.05, 0.1) is 0 Å². The lowest BCUT2D eigenvalue weighted by atomic mass is 10.1. The van der Waals surface area contributed by atoms with E-state index in [1.165, 1.54) is 0 Å². The van der Waals surface area contributed by atoms with Crippen LogP contribution >= 0.6 is 0 Å². The summed E-state index contributed by atoms with van der Waals surface area (Å²) in [7, 11) is -4.24. The molecule has 0 aliphatic carbocycles. The van der Waals surface area contributed by atoms with Crippen LogP contribution in [0.15, 0.2) is 71.6 Å². The number of hydrogen-bond donors (Lipinski definition) is 1. The van der Waals surface area contributed by atoms with Crippen LogP contribution in [0.3, 0.4) is 0 Å². The Kier molecular flexibility index (Phi) is 6.20. The van der Waals surface area contributed by atoms with Gasteiger partial charge in [-0.05, 0) is 35.9 Å². The molecule has 0 aromatic heterocycles. The Bertz CT molecular complexity index is 1250. The van der Waals surface area contributed by atoms with Crippen LogP contribution in [0.5, 0.6) is 5.75 Å². The molecule has 0 spiro atoms. The van der Waals surface area contributed by atoms with E-state index in [9.17, 15) is 22.0 Å². The summed E-state index contributed by atoms with van der Waals surface area (Å²) < 4.78 is 60.1. The maximum atomic E-state index is 14.2. The van der Waals surface area contributed by atoms with E-state index >= 15 is 0 Å². The molecule has 3 aromatic carbocycles. The fraction of sp³-hybridized carbons (Fsp3) is 0.174. The summed E-state index contributed by atoms with van der Waals surface area (Å²) in [5, 5.41) is 2.82. The Labute approximate surface area is 184 Å². The van der Waals surface area contributed by atoms with Gasteiger partial charge in [0.2, 0.25) is 10.0 Å². The third-order valence-corrected chi connectivity index (χ3v) is 6.95. The average molecular weight is 458 g/mol. The topological polar surface area (TPSA) is 75.7 Å². The Morgan fingerprint density at radius 2 is 1.81 bits per heavy atom. The van der Waals surface area contributed by atoms with Crippen molar-refractivity contribution in [1.29, 1.82) is 0 Å². The van der Waals surface area contributed by atoms with Gasteiger partial charge in [0.15, 0.2) is 0 Å². The van der Waals surface area contributed by atoms with Crippen molar-refractivity contribution >= 4 is 15.9 Å². The van der Waals surface area contributed by atoms with Crippen LogP contribution < -0.4 is 10.1 Å². The molecule has 9 heteroatoms. The van der Waals surface area contributed by atoms with E-state index in [4.69, 9.17) is 4.74 Å². The van der Waals surface area contributed by atoms with Crippen molar-refractivity contribution in [3.8, 4) is 5.75 Å². The minimum atomic E-state index is -4.24. The van der Waals surface area contributed by atoms with E-state index in [1.54, 1.807) is 18.2 Å². The molecule has 1 heterocycles. The van der Waals surface area contributed by atoms with Crippen molar-refractivity contribution in [2.75, 3.05) is 13.2 Å². The number of hydrogen-bond acceptors (Lipinski definition) is 4. The van der Waals surface area contributed by atoms with E-state index in [0.29, 0.717) is 29.5 Å². The molecule has 0 atom stereocenters. The number of halogens is 2.